The highest BCUT2D eigenvalue weighted by atomic mass is 35.5. The van der Waals surface area contributed by atoms with Crippen LogP contribution in [0.2, 0.25) is 0 Å². The van der Waals surface area contributed by atoms with Crippen molar-refractivity contribution in [2.24, 2.45) is 5.73 Å². The number of nitrogens with two attached hydrogens (primary N) is 1. The molecule has 0 saturated carbocycles. The number of rotatable bonds is 4. The van der Waals surface area contributed by atoms with Gasteiger partial charge in [0.15, 0.2) is 0 Å². The van der Waals surface area contributed by atoms with Crippen LogP contribution in [0.15, 0.2) is 12.1 Å². The highest BCUT2D eigenvalue weighted by Gasteiger charge is 2.33. The smallest absolute Gasteiger partial charge is 0.351 e. The Morgan fingerprint density at radius 3 is 2.68 bits per heavy atom. The van der Waals surface area contributed by atoms with Crippen LogP contribution in [0.4, 0.5) is 13.2 Å². The van der Waals surface area contributed by atoms with E-state index in [-0.39, 0.29) is 23.1 Å². The van der Waals surface area contributed by atoms with E-state index in [4.69, 9.17) is 5.73 Å². The highest BCUT2D eigenvalue weighted by molar-refractivity contribution is 7.20. The van der Waals surface area contributed by atoms with Crippen LogP contribution in [0, 0.1) is 6.92 Å². The number of carbonyl (C=O) groups is 1. The molecule has 4 nitrogen and oxygen atoms in total. The minimum atomic E-state index is -4.49. The van der Waals surface area contributed by atoms with E-state index in [1.807, 2.05) is 0 Å². The third-order valence-electron chi connectivity index (χ3n) is 2.97. The number of aromatic nitrogens is 1. The van der Waals surface area contributed by atoms with E-state index in [1.165, 1.54) is 6.07 Å². The Balaban J connectivity index is 0.00000242. The lowest BCUT2D eigenvalue weighted by Crippen LogP contribution is -2.25. The number of hydrogen-bond donors (Lipinski definition) is 2. The summed E-state index contributed by atoms with van der Waals surface area (Å²) in [5, 5.41) is 3.25. The van der Waals surface area contributed by atoms with Crippen molar-refractivity contribution in [3.8, 4) is 0 Å². The van der Waals surface area contributed by atoms with Crippen molar-refractivity contribution in [2.75, 3.05) is 13.1 Å². The fourth-order valence-electron chi connectivity index (χ4n) is 1.86. The number of carbonyl (C=O) groups excluding carboxylic acids is 1. The molecule has 0 aliphatic carbocycles. The maximum absolute atomic E-state index is 12.6. The molecule has 0 aliphatic rings. The van der Waals surface area contributed by atoms with Gasteiger partial charge in [-0.25, -0.2) is 4.98 Å². The van der Waals surface area contributed by atoms with Gasteiger partial charge in [-0.3, -0.25) is 4.79 Å². The highest BCUT2D eigenvalue weighted by Crippen LogP contribution is 2.34. The lowest BCUT2D eigenvalue weighted by molar-refractivity contribution is -0.140. The Labute approximate surface area is 135 Å². The molecule has 9 heteroatoms. The first-order valence-electron chi connectivity index (χ1n) is 6.30. The Morgan fingerprint density at radius 2 is 2.09 bits per heavy atom. The van der Waals surface area contributed by atoms with E-state index in [0.717, 1.165) is 17.4 Å². The van der Waals surface area contributed by atoms with Crippen LogP contribution in [0.1, 0.15) is 27.3 Å². The minimum Gasteiger partial charge on any atom is -0.351 e. The molecule has 0 saturated heterocycles. The van der Waals surface area contributed by atoms with E-state index >= 15 is 0 Å². The quantitative estimate of drug-likeness (QED) is 0.830. The number of fused-ring (bicyclic) bond motifs is 1. The van der Waals surface area contributed by atoms with Gasteiger partial charge in [-0.15, -0.1) is 23.7 Å². The Hall–Kier alpha value is -1.38. The number of alkyl halides is 3. The second kappa shape index (κ2) is 7.26. The summed E-state index contributed by atoms with van der Waals surface area (Å²) in [6.45, 7) is 2.60. The molecule has 0 unspecified atom stereocenters. The van der Waals surface area contributed by atoms with Crippen LogP contribution in [0.5, 0.6) is 0 Å². The number of thiophene rings is 1. The number of hydrogen-bond acceptors (Lipinski definition) is 4. The van der Waals surface area contributed by atoms with E-state index in [2.05, 4.69) is 10.3 Å². The summed E-state index contributed by atoms with van der Waals surface area (Å²) in [7, 11) is 0. The summed E-state index contributed by atoms with van der Waals surface area (Å²) in [6.07, 6.45) is -3.85. The van der Waals surface area contributed by atoms with Gasteiger partial charge in [0.1, 0.15) is 10.5 Å². The summed E-state index contributed by atoms with van der Waals surface area (Å²) < 4.78 is 37.9. The molecule has 2 heterocycles. The van der Waals surface area contributed by atoms with Crippen molar-refractivity contribution in [3.05, 3.63) is 28.3 Å². The molecule has 122 valence electrons. The zero-order valence-corrected chi connectivity index (χ0v) is 13.3. The number of amides is 1. The van der Waals surface area contributed by atoms with Gasteiger partial charge >= 0.3 is 6.18 Å². The van der Waals surface area contributed by atoms with Crippen molar-refractivity contribution in [1.29, 1.82) is 0 Å². The average Bonchev–Trinajstić information content (AvgIpc) is 2.75. The van der Waals surface area contributed by atoms with Crippen molar-refractivity contribution >= 4 is 39.9 Å². The first-order chi connectivity index (χ1) is 9.84. The molecule has 0 bridgehead atoms. The molecule has 0 aliphatic heterocycles. The molecule has 0 fully saturated rings. The number of aryl methyl sites for hydroxylation is 1. The summed E-state index contributed by atoms with van der Waals surface area (Å²) in [6, 6.07) is 2.28. The number of halogens is 4. The van der Waals surface area contributed by atoms with Crippen molar-refractivity contribution in [1.82, 2.24) is 10.3 Å². The van der Waals surface area contributed by atoms with Gasteiger partial charge < -0.3 is 11.1 Å². The molecular formula is C13H15ClF3N3OS. The van der Waals surface area contributed by atoms with Gasteiger partial charge in [-0.1, -0.05) is 0 Å². The molecule has 22 heavy (non-hydrogen) atoms. The maximum Gasteiger partial charge on any atom is 0.433 e. The Bertz CT molecular complexity index is 672. The van der Waals surface area contributed by atoms with Crippen LogP contribution in [0.3, 0.4) is 0 Å². The fourth-order valence-corrected chi connectivity index (χ4v) is 2.95. The summed E-state index contributed by atoms with van der Waals surface area (Å²) in [5.74, 6) is -0.308. The maximum atomic E-state index is 12.6. The standard InChI is InChI=1S/C13H14F3N3OS.ClH/c1-7-8-3-4-9(13(14,15)16)19-12(8)21-10(7)11(20)18-6-2-5-17;/h3-4H,2,5-6,17H2,1H3,(H,18,20);1H. The second-order valence-corrected chi connectivity index (χ2v) is 5.50. The van der Waals surface area contributed by atoms with Crippen molar-refractivity contribution < 1.29 is 18.0 Å². The monoisotopic (exact) mass is 353 g/mol. The molecule has 2 rings (SSSR count). The van der Waals surface area contributed by atoms with Gasteiger partial charge in [-0.2, -0.15) is 13.2 Å². The molecular weight excluding hydrogens is 339 g/mol. The van der Waals surface area contributed by atoms with Crippen LogP contribution in [0.25, 0.3) is 10.2 Å². The molecule has 1 amide bonds. The van der Waals surface area contributed by atoms with Crippen LogP contribution < -0.4 is 11.1 Å². The summed E-state index contributed by atoms with van der Waals surface area (Å²) >= 11 is 0.966. The Kier molecular flexibility index (Phi) is 6.16. The first-order valence-corrected chi connectivity index (χ1v) is 7.12. The van der Waals surface area contributed by atoms with Crippen molar-refractivity contribution in [2.45, 2.75) is 19.5 Å². The molecule has 0 aromatic carbocycles. The summed E-state index contributed by atoms with van der Waals surface area (Å²) in [4.78, 5) is 16.2. The molecule has 0 radical (unpaired) electrons. The topological polar surface area (TPSA) is 68.0 Å². The van der Waals surface area contributed by atoms with E-state index in [1.54, 1.807) is 6.92 Å². The van der Waals surface area contributed by atoms with Gasteiger partial charge in [0.25, 0.3) is 5.91 Å². The number of nitrogens with one attached hydrogen (secondary N) is 1. The van der Waals surface area contributed by atoms with E-state index in [0.29, 0.717) is 35.3 Å². The van der Waals surface area contributed by atoms with E-state index in [9.17, 15) is 18.0 Å². The van der Waals surface area contributed by atoms with Crippen LogP contribution in [-0.2, 0) is 6.18 Å². The second-order valence-electron chi connectivity index (χ2n) is 4.50. The van der Waals surface area contributed by atoms with Crippen LogP contribution in [-0.4, -0.2) is 24.0 Å². The van der Waals surface area contributed by atoms with Gasteiger partial charge in [0.05, 0.1) is 4.88 Å². The predicted molar refractivity (Wildman–Crippen MR) is 82.6 cm³/mol. The lowest BCUT2D eigenvalue weighted by atomic mass is 10.2. The number of nitrogens with zero attached hydrogens (tertiary/aromatic N) is 1. The normalized spacial score (nSPS) is 11.3. The third kappa shape index (κ3) is 3.88. The first kappa shape index (κ1) is 18.7. The predicted octanol–water partition coefficient (Wildman–Crippen LogP) is 3.12. The molecule has 2 aromatic heterocycles. The average molecular weight is 354 g/mol. The molecule has 0 spiro atoms. The Morgan fingerprint density at radius 1 is 1.41 bits per heavy atom. The summed E-state index contributed by atoms with van der Waals surface area (Å²) in [5.41, 5.74) is 5.02. The zero-order valence-electron chi connectivity index (χ0n) is 11.7. The van der Waals surface area contributed by atoms with Gasteiger partial charge in [-0.05, 0) is 37.6 Å². The minimum absolute atomic E-state index is 0. The lowest BCUT2D eigenvalue weighted by Gasteiger charge is -2.04. The zero-order chi connectivity index (χ0) is 15.6. The van der Waals surface area contributed by atoms with Crippen molar-refractivity contribution in [3.63, 3.8) is 0 Å². The number of pyridine rings is 1. The fraction of sp³-hybridized carbons (Fsp3) is 0.385. The van der Waals surface area contributed by atoms with Gasteiger partial charge in [0, 0.05) is 11.9 Å². The molecule has 0 atom stereocenters. The third-order valence-corrected chi connectivity index (χ3v) is 4.17. The SMILES string of the molecule is Cc1c(C(=O)NCCCN)sc2nc(C(F)(F)F)ccc12.Cl. The van der Waals surface area contributed by atoms with Gasteiger partial charge in [0.2, 0.25) is 0 Å². The molecule has 2 aromatic rings. The molecule has 3 N–H and O–H groups in total. The van der Waals surface area contributed by atoms with E-state index < -0.39 is 11.9 Å². The largest absolute Gasteiger partial charge is 0.433 e. The van der Waals surface area contributed by atoms with Crippen LogP contribution >= 0.6 is 23.7 Å².